The highest BCUT2D eigenvalue weighted by Gasteiger charge is 2.21. The fourth-order valence-corrected chi connectivity index (χ4v) is 2.66. The molecule has 0 saturated carbocycles. The highest BCUT2D eigenvalue weighted by Crippen LogP contribution is 2.27. The first-order chi connectivity index (χ1) is 10.8. The molecular formula is C21H26O2. The number of hydrogen-bond donors (Lipinski definition) is 0. The lowest BCUT2D eigenvalue weighted by molar-refractivity contribution is 0.0991. The molecular weight excluding hydrogens is 284 g/mol. The third-order valence-electron chi connectivity index (χ3n) is 3.67. The van der Waals surface area contributed by atoms with Crippen LogP contribution in [0.5, 0.6) is 5.75 Å². The van der Waals surface area contributed by atoms with Crippen LogP contribution in [-0.4, -0.2) is 11.9 Å². The number of carbonyl (C=O) groups is 1. The molecule has 0 fully saturated rings. The first-order valence-electron chi connectivity index (χ1n) is 8.15. The molecule has 0 aliphatic carbocycles. The number of ether oxygens (including phenoxy) is 1. The van der Waals surface area contributed by atoms with Gasteiger partial charge in [-0.15, -0.1) is 0 Å². The molecule has 2 aromatic rings. The standard InChI is InChI=1S/C21H26O2/c1-15(2)23-17-10-8-9-16(13-17)14-20(22)18-11-6-7-12-19(18)21(3,4)5/h6-13,15H,14H2,1-5H3. The van der Waals surface area contributed by atoms with Crippen molar-refractivity contribution in [1.29, 1.82) is 0 Å². The number of rotatable bonds is 5. The van der Waals surface area contributed by atoms with Crippen LogP contribution >= 0.6 is 0 Å². The lowest BCUT2D eigenvalue weighted by Gasteiger charge is -2.22. The Morgan fingerprint density at radius 3 is 2.39 bits per heavy atom. The van der Waals surface area contributed by atoms with Crippen molar-refractivity contribution in [3.05, 3.63) is 65.2 Å². The maximum absolute atomic E-state index is 12.8. The van der Waals surface area contributed by atoms with Crippen LogP contribution in [0.15, 0.2) is 48.5 Å². The van der Waals surface area contributed by atoms with E-state index in [1.165, 1.54) is 0 Å². The number of carbonyl (C=O) groups excluding carboxylic acids is 1. The van der Waals surface area contributed by atoms with Gasteiger partial charge in [0.1, 0.15) is 5.75 Å². The predicted molar refractivity (Wildman–Crippen MR) is 95.4 cm³/mol. The first kappa shape index (κ1) is 17.3. The third kappa shape index (κ3) is 4.69. The van der Waals surface area contributed by atoms with Gasteiger partial charge in [0.2, 0.25) is 0 Å². The van der Waals surface area contributed by atoms with Crippen LogP contribution in [0.2, 0.25) is 0 Å². The summed E-state index contributed by atoms with van der Waals surface area (Å²) in [5.74, 6) is 0.964. The van der Waals surface area contributed by atoms with E-state index in [-0.39, 0.29) is 17.3 Å². The van der Waals surface area contributed by atoms with Crippen LogP contribution < -0.4 is 4.74 Å². The SMILES string of the molecule is CC(C)Oc1cccc(CC(=O)c2ccccc2C(C)(C)C)c1. The van der Waals surface area contributed by atoms with E-state index in [1.54, 1.807) is 0 Å². The van der Waals surface area contributed by atoms with Gasteiger partial charge >= 0.3 is 0 Å². The molecule has 2 nitrogen and oxygen atoms in total. The van der Waals surface area contributed by atoms with Gasteiger partial charge in [0.25, 0.3) is 0 Å². The number of benzene rings is 2. The van der Waals surface area contributed by atoms with E-state index >= 15 is 0 Å². The van der Waals surface area contributed by atoms with Crippen molar-refractivity contribution in [2.45, 2.75) is 52.6 Å². The molecule has 0 amide bonds. The normalized spacial score (nSPS) is 11.6. The summed E-state index contributed by atoms with van der Waals surface area (Å²) in [5, 5.41) is 0. The summed E-state index contributed by atoms with van der Waals surface area (Å²) >= 11 is 0. The highest BCUT2D eigenvalue weighted by molar-refractivity contribution is 5.99. The molecule has 23 heavy (non-hydrogen) atoms. The van der Waals surface area contributed by atoms with Crippen molar-refractivity contribution in [1.82, 2.24) is 0 Å². The fourth-order valence-electron chi connectivity index (χ4n) is 2.66. The van der Waals surface area contributed by atoms with Gasteiger partial charge in [-0.3, -0.25) is 4.79 Å². The van der Waals surface area contributed by atoms with Gasteiger partial charge in [0.05, 0.1) is 6.10 Å². The molecule has 0 spiro atoms. The maximum Gasteiger partial charge on any atom is 0.167 e. The molecule has 0 heterocycles. The average Bonchev–Trinajstić information content (AvgIpc) is 2.46. The fraction of sp³-hybridized carbons (Fsp3) is 0.381. The van der Waals surface area contributed by atoms with Crippen LogP contribution in [0.25, 0.3) is 0 Å². The molecule has 122 valence electrons. The van der Waals surface area contributed by atoms with E-state index in [0.717, 1.165) is 22.4 Å². The number of ketones is 1. The van der Waals surface area contributed by atoms with Gasteiger partial charge in [-0.1, -0.05) is 57.2 Å². The Labute approximate surface area is 139 Å². The molecule has 0 N–H and O–H groups in total. The molecule has 2 rings (SSSR count). The van der Waals surface area contributed by atoms with Crippen molar-refractivity contribution in [3.63, 3.8) is 0 Å². The zero-order valence-electron chi connectivity index (χ0n) is 14.7. The zero-order chi connectivity index (χ0) is 17.0. The Morgan fingerprint density at radius 1 is 1.04 bits per heavy atom. The minimum Gasteiger partial charge on any atom is -0.491 e. The molecule has 0 atom stereocenters. The Kier molecular flexibility index (Phi) is 5.25. The molecule has 2 aromatic carbocycles. The summed E-state index contributed by atoms with van der Waals surface area (Å²) in [7, 11) is 0. The molecule has 0 saturated heterocycles. The van der Waals surface area contributed by atoms with Gasteiger partial charge in [-0.25, -0.2) is 0 Å². The van der Waals surface area contributed by atoms with E-state index in [9.17, 15) is 4.79 Å². The second-order valence-corrected chi connectivity index (χ2v) is 7.21. The summed E-state index contributed by atoms with van der Waals surface area (Å²) in [4.78, 5) is 12.8. The van der Waals surface area contributed by atoms with E-state index < -0.39 is 0 Å². The van der Waals surface area contributed by atoms with E-state index in [0.29, 0.717) is 6.42 Å². The summed E-state index contributed by atoms with van der Waals surface area (Å²) in [6.07, 6.45) is 0.519. The lowest BCUT2D eigenvalue weighted by atomic mass is 9.82. The van der Waals surface area contributed by atoms with Crippen LogP contribution in [0.1, 0.15) is 56.1 Å². The van der Waals surface area contributed by atoms with Crippen LogP contribution in [0, 0.1) is 0 Å². The summed E-state index contributed by atoms with van der Waals surface area (Å²) in [5.41, 5.74) is 2.85. The minimum atomic E-state index is -0.0468. The van der Waals surface area contributed by atoms with E-state index in [1.807, 2.05) is 62.4 Å². The second kappa shape index (κ2) is 6.99. The molecule has 0 bridgehead atoms. The van der Waals surface area contributed by atoms with Crippen molar-refractivity contribution < 1.29 is 9.53 Å². The van der Waals surface area contributed by atoms with Gasteiger partial charge in [-0.05, 0) is 42.5 Å². The maximum atomic E-state index is 12.8. The number of Topliss-reactive ketones (excluding diaryl/α,β-unsaturated/α-hetero) is 1. The minimum absolute atomic E-state index is 0.0468. The Morgan fingerprint density at radius 2 is 1.74 bits per heavy atom. The Balaban J connectivity index is 2.23. The Hall–Kier alpha value is -2.09. The van der Waals surface area contributed by atoms with Crippen LogP contribution in [0.3, 0.4) is 0 Å². The van der Waals surface area contributed by atoms with Crippen LogP contribution in [0.4, 0.5) is 0 Å². The van der Waals surface area contributed by atoms with Crippen molar-refractivity contribution >= 4 is 5.78 Å². The number of hydrogen-bond acceptors (Lipinski definition) is 2. The smallest absolute Gasteiger partial charge is 0.167 e. The van der Waals surface area contributed by atoms with Crippen molar-refractivity contribution in [2.24, 2.45) is 0 Å². The summed E-state index contributed by atoms with van der Waals surface area (Å²) in [6, 6.07) is 15.7. The molecule has 0 aromatic heterocycles. The summed E-state index contributed by atoms with van der Waals surface area (Å²) < 4.78 is 5.71. The van der Waals surface area contributed by atoms with Gasteiger partial charge in [0.15, 0.2) is 5.78 Å². The van der Waals surface area contributed by atoms with Crippen molar-refractivity contribution in [2.75, 3.05) is 0 Å². The second-order valence-electron chi connectivity index (χ2n) is 7.21. The first-order valence-corrected chi connectivity index (χ1v) is 8.15. The molecule has 2 heteroatoms. The van der Waals surface area contributed by atoms with Crippen LogP contribution in [-0.2, 0) is 11.8 Å². The molecule has 0 radical (unpaired) electrons. The average molecular weight is 310 g/mol. The highest BCUT2D eigenvalue weighted by atomic mass is 16.5. The lowest BCUT2D eigenvalue weighted by Crippen LogP contribution is -2.17. The van der Waals surface area contributed by atoms with Gasteiger partial charge < -0.3 is 4.74 Å². The quantitative estimate of drug-likeness (QED) is 0.710. The zero-order valence-corrected chi connectivity index (χ0v) is 14.7. The molecule has 0 unspecified atom stereocenters. The van der Waals surface area contributed by atoms with Gasteiger partial charge in [0, 0.05) is 12.0 Å². The third-order valence-corrected chi connectivity index (χ3v) is 3.67. The topological polar surface area (TPSA) is 26.3 Å². The van der Waals surface area contributed by atoms with Gasteiger partial charge in [-0.2, -0.15) is 0 Å². The summed E-state index contributed by atoms with van der Waals surface area (Å²) in [6.45, 7) is 10.4. The van der Waals surface area contributed by atoms with E-state index in [4.69, 9.17) is 4.74 Å². The van der Waals surface area contributed by atoms with E-state index in [2.05, 4.69) is 20.8 Å². The molecule has 0 aliphatic rings. The van der Waals surface area contributed by atoms with Crippen molar-refractivity contribution in [3.8, 4) is 5.75 Å². The predicted octanol–water partition coefficient (Wildman–Crippen LogP) is 5.20. The monoisotopic (exact) mass is 310 g/mol. The molecule has 0 aliphatic heterocycles. The largest absolute Gasteiger partial charge is 0.491 e. The Bertz CT molecular complexity index is 678.